The largest absolute Gasteiger partial charge is 0.493 e. The van der Waals surface area contributed by atoms with E-state index in [-0.39, 0.29) is 5.91 Å². The smallest absolute Gasteiger partial charge is 0.261 e. The first-order valence-electron chi connectivity index (χ1n) is 7.35. The van der Waals surface area contributed by atoms with Crippen molar-refractivity contribution in [1.29, 1.82) is 0 Å². The molecule has 0 saturated carbocycles. The Hall–Kier alpha value is -1.62. The zero-order chi connectivity index (χ0) is 15.7. The highest BCUT2D eigenvalue weighted by Gasteiger charge is 2.13. The molecule has 0 spiro atoms. The SMILES string of the molecule is CCCNC(=S)NC(=O)c1ccccc1OCCC(C)C. The summed E-state index contributed by atoms with van der Waals surface area (Å²) in [6.45, 7) is 7.65. The fourth-order valence-corrected chi connectivity index (χ4v) is 1.83. The standard InChI is InChI=1S/C16H24N2O2S/c1-4-10-17-16(21)18-15(19)13-7-5-6-8-14(13)20-11-9-12(2)3/h5-8,12H,4,9-11H2,1-3H3,(H2,17,18,19,21). The Labute approximate surface area is 132 Å². The molecule has 0 aliphatic carbocycles. The summed E-state index contributed by atoms with van der Waals surface area (Å²) < 4.78 is 5.71. The van der Waals surface area contributed by atoms with Gasteiger partial charge in [0.1, 0.15) is 5.75 Å². The summed E-state index contributed by atoms with van der Waals surface area (Å²) in [5.74, 6) is 0.912. The van der Waals surface area contributed by atoms with Gasteiger partial charge in [-0.3, -0.25) is 10.1 Å². The number of benzene rings is 1. The number of para-hydroxylation sites is 1. The Morgan fingerprint density at radius 3 is 2.71 bits per heavy atom. The molecule has 0 aliphatic rings. The molecule has 116 valence electrons. The topological polar surface area (TPSA) is 50.4 Å². The highest BCUT2D eigenvalue weighted by molar-refractivity contribution is 7.80. The zero-order valence-corrected chi connectivity index (χ0v) is 13.8. The maximum absolute atomic E-state index is 12.2. The number of ether oxygens (including phenoxy) is 1. The van der Waals surface area contributed by atoms with Gasteiger partial charge in [-0.15, -0.1) is 0 Å². The number of hydrogen-bond donors (Lipinski definition) is 2. The second-order valence-electron chi connectivity index (χ2n) is 5.24. The molecule has 0 atom stereocenters. The summed E-state index contributed by atoms with van der Waals surface area (Å²) in [5.41, 5.74) is 0.502. The molecule has 1 aromatic carbocycles. The molecule has 0 heterocycles. The monoisotopic (exact) mass is 308 g/mol. The Kier molecular flexibility index (Phi) is 7.75. The summed E-state index contributed by atoms with van der Waals surface area (Å²) in [7, 11) is 0. The van der Waals surface area contributed by atoms with Gasteiger partial charge in [0, 0.05) is 6.54 Å². The molecule has 21 heavy (non-hydrogen) atoms. The predicted molar refractivity (Wildman–Crippen MR) is 89.7 cm³/mol. The third kappa shape index (κ3) is 6.58. The molecule has 2 N–H and O–H groups in total. The number of nitrogens with one attached hydrogen (secondary N) is 2. The maximum Gasteiger partial charge on any atom is 0.261 e. The Morgan fingerprint density at radius 1 is 1.33 bits per heavy atom. The Morgan fingerprint density at radius 2 is 2.05 bits per heavy atom. The second kappa shape index (κ2) is 9.34. The van der Waals surface area contributed by atoms with Crippen molar-refractivity contribution in [3.05, 3.63) is 29.8 Å². The first-order chi connectivity index (χ1) is 10.0. The number of carbonyl (C=O) groups is 1. The number of rotatable bonds is 7. The molecule has 0 aromatic heterocycles. The van der Waals surface area contributed by atoms with Gasteiger partial charge in [-0.25, -0.2) is 0 Å². The van der Waals surface area contributed by atoms with Crippen LogP contribution < -0.4 is 15.4 Å². The van der Waals surface area contributed by atoms with Crippen molar-refractivity contribution in [2.24, 2.45) is 5.92 Å². The van der Waals surface area contributed by atoms with Gasteiger partial charge in [0.05, 0.1) is 12.2 Å². The minimum Gasteiger partial charge on any atom is -0.493 e. The first kappa shape index (κ1) is 17.4. The van der Waals surface area contributed by atoms with Crippen LogP contribution in [0.15, 0.2) is 24.3 Å². The minimum atomic E-state index is -0.247. The van der Waals surface area contributed by atoms with Gasteiger partial charge < -0.3 is 10.1 Å². The van der Waals surface area contributed by atoms with Crippen molar-refractivity contribution >= 4 is 23.2 Å². The molecule has 0 bridgehead atoms. The van der Waals surface area contributed by atoms with E-state index in [1.165, 1.54) is 0 Å². The van der Waals surface area contributed by atoms with E-state index in [0.29, 0.717) is 29.0 Å². The van der Waals surface area contributed by atoms with E-state index in [0.717, 1.165) is 19.4 Å². The number of carbonyl (C=O) groups excluding carboxylic acids is 1. The second-order valence-corrected chi connectivity index (χ2v) is 5.65. The van der Waals surface area contributed by atoms with Gasteiger partial charge >= 0.3 is 0 Å². The normalized spacial score (nSPS) is 10.3. The third-order valence-electron chi connectivity index (χ3n) is 2.85. The van der Waals surface area contributed by atoms with E-state index >= 15 is 0 Å². The van der Waals surface area contributed by atoms with Crippen LogP contribution in [0, 0.1) is 5.92 Å². The van der Waals surface area contributed by atoms with Crippen molar-refractivity contribution in [3.63, 3.8) is 0 Å². The Bertz CT molecular complexity index is 475. The van der Waals surface area contributed by atoms with Crippen molar-refractivity contribution in [1.82, 2.24) is 10.6 Å². The van der Waals surface area contributed by atoms with Gasteiger partial charge in [-0.05, 0) is 43.1 Å². The van der Waals surface area contributed by atoms with E-state index in [1.54, 1.807) is 12.1 Å². The van der Waals surface area contributed by atoms with Gasteiger partial charge in [0.25, 0.3) is 5.91 Å². The van der Waals surface area contributed by atoms with Gasteiger partial charge in [0.2, 0.25) is 0 Å². The fraction of sp³-hybridized carbons (Fsp3) is 0.500. The first-order valence-corrected chi connectivity index (χ1v) is 7.76. The lowest BCUT2D eigenvalue weighted by Crippen LogP contribution is -2.39. The quantitative estimate of drug-likeness (QED) is 0.760. The molecule has 0 radical (unpaired) electrons. The number of thiocarbonyl (C=S) groups is 1. The summed E-state index contributed by atoms with van der Waals surface area (Å²) in [6.07, 6.45) is 1.90. The van der Waals surface area contributed by atoms with Crippen LogP contribution >= 0.6 is 12.2 Å². The van der Waals surface area contributed by atoms with E-state index in [9.17, 15) is 4.79 Å². The van der Waals surface area contributed by atoms with E-state index < -0.39 is 0 Å². The van der Waals surface area contributed by atoms with Crippen LogP contribution in [0.25, 0.3) is 0 Å². The molecule has 0 fully saturated rings. The Balaban J connectivity index is 2.64. The molecule has 1 amide bonds. The molecular formula is C16H24N2O2S. The number of hydrogen-bond acceptors (Lipinski definition) is 3. The van der Waals surface area contributed by atoms with Crippen molar-refractivity contribution < 1.29 is 9.53 Å². The third-order valence-corrected chi connectivity index (χ3v) is 3.09. The molecule has 1 aromatic rings. The molecule has 0 aliphatic heterocycles. The van der Waals surface area contributed by atoms with E-state index in [2.05, 4.69) is 24.5 Å². The lowest BCUT2D eigenvalue weighted by molar-refractivity contribution is 0.0972. The van der Waals surface area contributed by atoms with E-state index in [1.807, 2.05) is 19.1 Å². The molecular weight excluding hydrogens is 284 g/mol. The molecule has 5 heteroatoms. The van der Waals surface area contributed by atoms with Gasteiger partial charge in [-0.1, -0.05) is 32.9 Å². The van der Waals surface area contributed by atoms with Crippen LogP contribution in [-0.2, 0) is 0 Å². The fourth-order valence-electron chi connectivity index (χ4n) is 1.64. The summed E-state index contributed by atoms with van der Waals surface area (Å²) in [5, 5.41) is 5.99. The molecule has 4 nitrogen and oxygen atoms in total. The molecule has 0 unspecified atom stereocenters. The summed E-state index contributed by atoms with van der Waals surface area (Å²) in [6, 6.07) is 7.21. The number of amides is 1. The maximum atomic E-state index is 12.2. The van der Waals surface area contributed by atoms with Crippen LogP contribution in [0.4, 0.5) is 0 Å². The van der Waals surface area contributed by atoms with Gasteiger partial charge in [-0.2, -0.15) is 0 Å². The van der Waals surface area contributed by atoms with Crippen LogP contribution in [0.3, 0.4) is 0 Å². The predicted octanol–water partition coefficient (Wildman–Crippen LogP) is 3.13. The summed E-state index contributed by atoms with van der Waals surface area (Å²) >= 11 is 5.08. The lowest BCUT2D eigenvalue weighted by Gasteiger charge is -2.13. The van der Waals surface area contributed by atoms with Crippen molar-refractivity contribution in [2.75, 3.05) is 13.2 Å². The van der Waals surface area contributed by atoms with Crippen LogP contribution in [-0.4, -0.2) is 24.2 Å². The molecule has 0 saturated heterocycles. The highest BCUT2D eigenvalue weighted by Crippen LogP contribution is 2.18. The average Bonchev–Trinajstić information content (AvgIpc) is 2.45. The highest BCUT2D eigenvalue weighted by atomic mass is 32.1. The van der Waals surface area contributed by atoms with E-state index in [4.69, 9.17) is 17.0 Å². The zero-order valence-electron chi connectivity index (χ0n) is 12.9. The van der Waals surface area contributed by atoms with Crippen molar-refractivity contribution in [2.45, 2.75) is 33.6 Å². The minimum absolute atomic E-state index is 0.247. The van der Waals surface area contributed by atoms with Crippen LogP contribution in [0.1, 0.15) is 44.0 Å². The van der Waals surface area contributed by atoms with Crippen LogP contribution in [0.2, 0.25) is 0 Å². The average molecular weight is 308 g/mol. The van der Waals surface area contributed by atoms with Gasteiger partial charge in [0.15, 0.2) is 5.11 Å². The van der Waals surface area contributed by atoms with Crippen LogP contribution in [0.5, 0.6) is 5.75 Å². The lowest BCUT2D eigenvalue weighted by atomic mass is 10.1. The van der Waals surface area contributed by atoms with Crippen molar-refractivity contribution in [3.8, 4) is 5.75 Å². The molecule has 1 rings (SSSR count). The summed E-state index contributed by atoms with van der Waals surface area (Å²) in [4.78, 5) is 12.2.